The third-order valence-corrected chi connectivity index (χ3v) is 8.03. The normalized spacial score (nSPS) is 25.3. The van der Waals surface area contributed by atoms with Gasteiger partial charge >= 0.3 is 0 Å². The van der Waals surface area contributed by atoms with Crippen molar-refractivity contribution >= 4 is 29.1 Å². The van der Waals surface area contributed by atoms with Crippen LogP contribution >= 0.6 is 23.2 Å². The van der Waals surface area contributed by atoms with Crippen molar-refractivity contribution < 1.29 is 4.79 Å². The zero-order valence-corrected chi connectivity index (χ0v) is 21.4. The van der Waals surface area contributed by atoms with Crippen LogP contribution in [-0.4, -0.2) is 15.8 Å². The second-order valence-electron chi connectivity index (χ2n) is 10.2. The topological polar surface area (TPSA) is 33.2 Å². The average molecular weight is 505 g/mol. The molecule has 1 amide bonds. The molecule has 1 aromatic heterocycles. The molecule has 0 radical (unpaired) electrons. The number of hydrogen-bond donors (Lipinski definition) is 0. The Labute approximate surface area is 217 Å². The summed E-state index contributed by atoms with van der Waals surface area (Å²) in [6.45, 7) is 6.08. The highest BCUT2D eigenvalue weighted by Gasteiger charge is 2.54. The molecule has 1 aliphatic carbocycles. The molecule has 0 spiro atoms. The number of rotatable bonds is 7. The molecule has 2 heterocycles. The zero-order valence-electron chi connectivity index (χ0n) is 19.9. The minimum absolute atomic E-state index is 0.0579. The molecule has 2 fully saturated rings. The number of nitrogens with zero attached hydrogens (tertiary/aromatic N) is 2. The van der Waals surface area contributed by atoms with Crippen molar-refractivity contribution in [2.24, 2.45) is 11.3 Å². The highest BCUT2D eigenvalue weighted by atomic mass is 35.5. The van der Waals surface area contributed by atoms with Gasteiger partial charge in [-0.25, -0.2) is 0 Å². The maximum atomic E-state index is 14.5. The van der Waals surface area contributed by atoms with E-state index < -0.39 is 5.41 Å². The Morgan fingerprint density at radius 2 is 1.83 bits per heavy atom. The molecule has 0 N–H and O–H groups in total. The number of halogens is 2. The van der Waals surface area contributed by atoms with Crippen molar-refractivity contribution in [1.82, 2.24) is 9.88 Å². The first-order valence-electron chi connectivity index (χ1n) is 12.3. The van der Waals surface area contributed by atoms with Gasteiger partial charge in [0, 0.05) is 22.2 Å². The minimum Gasteiger partial charge on any atom is -0.326 e. The summed E-state index contributed by atoms with van der Waals surface area (Å²) in [6.07, 6.45) is 7.22. The summed E-state index contributed by atoms with van der Waals surface area (Å²) in [7, 11) is 0. The van der Waals surface area contributed by atoms with Crippen LogP contribution in [0.1, 0.15) is 67.4 Å². The van der Waals surface area contributed by atoms with E-state index in [0.717, 1.165) is 29.7 Å². The lowest BCUT2D eigenvalue weighted by molar-refractivity contribution is -0.155. The van der Waals surface area contributed by atoms with E-state index in [1.165, 1.54) is 0 Å². The number of pyridine rings is 1. The maximum absolute atomic E-state index is 14.5. The summed E-state index contributed by atoms with van der Waals surface area (Å²) in [6, 6.07) is 21.8. The number of amides is 1. The predicted molar refractivity (Wildman–Crippen MR) is 142 cm³/mol. The number of carbonyl (C=O) groups is 1. The van der Waals surface area contributed by atoms with E-state index in [0.29, 0.717) is 28.8 Å². The smallest absolute Gasteiger partial charge is 0.229 e. The van der Waals surface area contributed by atoms with E-state index in [-0.39, 0.29) is 23.9 Å². The Morgan fingerprint density at radius 3 is 2.46 bits per heavy atom. The number of aromatic nitrogens is 1. The molecule has 3 aromatic rings. The predicted octanol–water partition coefficient (Wildman–Crippen LogP) is 8.18. The standard InChI is InChI=1S/C30H30Cl2N2O/c1-3-16-30(2)19-25(22-7-6-8-24(32)18-22)27(20-12-14-23(31)15-13-20)34(29(30)35)28(21-10-11-21)26-9-4-5-17-33-26/h3-9,12-15,17-18,21,25,27-28H,1,10-11,16,19H2,2H3/t25-,27?,28-,30?/m1/s1. The molecule has 5 rings (SSSR count). The first-order chi connectivity index (χ1) is 16.9. The Hall–Kier alpha value is -2.62. The number of allylic oxidation sites excluding steroid dienone is 1. The van der Waals surface area contributed by atoms with Crippen LogP contribution < -0.4 is 0 Å². The van der Waals surface area contributed by atoms with E-state index in [1.54, 1.807) is 0 Å². The van der Waals surface area contributed by atoms with Gasteiger partial charge in [-0.05, 0) is 79.1 Å². The fourth-order valence-corrected chi connectivity index (χ4v) is 6.09. The van der Waals surface area contributed by atoms with Gasteiger partial charge in [0.15, 0.2) is 0 Å². The minimum atomic E-state index is -0.570. The summed E-state index contributed by atoms with van der Waals surface area (Å²) in [5.74, 6) is 0.621. The van der Waals surface area contributed by atoms with Gasteiger partial charge in [0.1, 0.15) is 0 Å². The van der Waals surface area contributed by atoms with E-state index in [4.69, 9.17) is 28.2 Å². The van der Waals surface area contributed by atoms with Crippen LogP contribution in [-0.2, 0) is 4.79 Å². The lowest BCUT2D eigenvalue weighted by atomic mass is 9.67. The van der Waals surface area contributed by atoms with Gasteiger partial charge in [-0.15, -0.1) is 6.58 Å². The molecule has 2 aromatic carbocycles. The Balaban J connectivity index is 1.72. The molecule has 1 saturated heterocycles. The molecule has 5 heteroatoms. The highest BCUT2D eigenvalue weighted by Crippen LogP contribution is 2.57. The van der Waals surface area contributed by atoms with Crippen molar-refractivity contribution in [1.29, 1.82) is 0 Å². The number of likely N-dealkylation sites (tertiary alicyclic amines) is 1. The summed E-state index contributed by atoms with van der Waals surface area (Å²) < 4.78 is 0. The molecular weight excluding hydrogens is 475 g/mol. The fourth-order valence-electron chi connectivity index (χ4n) is 5.77. The maximum Gasteiger partial charge on any atom is 0.229 e. The van der Waals surface area contributed by atoms with Gasteiger partial charge in [0.25, 0.3) is 0 Å². The van der Waals surface area contributed by atoms with Crippen LogP contribution in [0.3, 0.4) is 0 Å². The summed E-state index contributed by atoms with van der Waals surface area (Å²) in [4.78, 5) is 21.4. The molecule has 1 saturated carbocycles. The van der Waals surface area contributed by atoms with Crippen LogP contribution in [0.4, 0.5) is 0 Å². The van der Waals surface area contributed by atoms with Crippen LogP contribution in [0.2, 0.25) is 10.0 Å². The fraction of sp³-hybridized carbons (Fsp3) is 0.333. The zero-order chi connectivity index (χ0) is 24.6. The molecule has 35 heavy (non-hydrogen) atoms. The summed E-state index contributed by atoms with van der Waals surface area (Å²) >= 11 is 12.7. The van der Waals surface area contributed by atoms with Crippen molar-refractivity contribution in [3.63, 3.8) is 0 Å². The van der Waals surface area contributed by atoms with Crippen LogP contribution in [0, 0.1) is 11.3 Å². The SMILES string of the molecule is C=CCC1(C)C[C@H](c2cccc(Cl)c2)C(c2ccc(Cl)cc2)N([C@@H](c2ccccn2)C2CC2)C1=O. The van der Waals surface area contributed by atoms with Crippen LogP contribution in [0.25, 0.3) is 0 Å². The van der Waals surface area contributed by atoms with Crippen LogP contribution in [0.15, 0.2) is 85.6 Å². The molecule has 4 atom stereocenters. The van der Waals surface area contributed by atoms with E-state index in [2.05, 4.69) is 42.7 Å². The summed E-state index contributed by atoms with van der Waals surface area (Å²) in [5, 5.41) is 1.39. The van der Waals surface area contributed by atoms with Gasteiger partial charge in [0.05, 0.1) is 23.2 Å². The Bertz CT molecular complexity index is 1210. The van der Waals surface area contributed by atoms with Crippen molar-refractivity contribution in [3.05, 3.63) is 112 Å². The van der Waals surface area contributed by atoms with Gasteiger partial charge < -0.3 is 4.90 Å². The lowest BCUT2D eigenvalue weighted by Crippen LogP contribution is -2.53. The third kappa shape index (κ3) is 4.77. The number of benzene rings is 2. The van der Waals surface area contributed by atoms with Crippen molar-refractivity contribution in [3.8, 4) is 0 Å². The van der Waals surface area contributed by atoms with Gasteiger partial charge in [0.2, 0.25) is 5.91 Å². The monoisotopic (exact) mass is 504 g/mol. The second kappa shape index (κ2) is 9.79. The van der Waals surface area contributed by atoms with Gasteiger partial charge in [-0.2, -0.15) is 0 Å². The molecule has 0 bridgehead atoms. The van der Waals surface area contributed by atoms with Crippen molar-refractivity contribution in [2.75, 3.05) is 0 Å². The van der Waals surface area contributed by atoms with E-state index in [9.17, 15) is 4.79 Å². The third-order valence-electron chi connectivity index (χ3n) is 7.54. The molecule has 3 nitrogen and oxygen atoms in total. The van der Waals surface area contributed by atoms with Gasteiger partial charge in [-0.3, -0.25) is 9.78 Å². The first-order valence-corrected chi connectivity index (χ1v) is 13.0. The second-order valence-corrected chi connectivity index (χ2v) is 11.0. The number of carbonyl (C=O) groups excluding carboxylic acids is 1. The molecule has 1 aliphatic heterocycles. The Morgan fingerprint density at radius 1 is 1.06 bits per heavy atom. The van der Waals surface area contributed by atoms with E-state index >= 15 is 0 Å². The van der Waals surface area contributed by atoms with Crippen molar-refractivity contribution in [2.45, 2.75) is 50.6 Å². The molecule has 2 aliphatic rings. The number of hydrogen-bond acceptors (Lipinski definition) is 2. The van der Waals surface area contributed by atoms with E-state index in [1.807, 2.05) is 54.7 Å². The quantitative estimate of drug-likeness (QED) is 0.304. The lowest BCUT2D eigenvalue weighted by Gasteiger charge is -2.52. The number of piperidine rings is 1. The van der Waals surface area contributed by atoms with Crippen LogP contribution in [0.5, 0.6) is 0 Å². The summed E-state index contributed by atoms with van der Waals surface area (Å²) in [5.41, 5.74) is 2.60. The first kappa shape index (κ1) is 24.1. The Kier molecular flexibility index (Phi) is 6.74. The molecular formula is C30H30Cl2N2O. The molecule has 180 valence electrons. The molecule has 2 unspecified atom stereocenters. The van der Waals surface area contributed by atoms with Gasteiger partial charge in [-0.1, -0.05) is 66.5 Å². The average Bonchev–Trinajstić information content (AvgIpc) is 3.69. The largest absolute Gasteiger partial charge is 0.326 e. The highest BCUT2D eigenvalue weighted by molar-refractivity contribution is 6.30.